The molecule has 5 rings (SSSR count). The topological polar surface area (TPSA) is 113 Å². The second-order valence-electron chi connectivity index (χ2n) is 10.6. The highest BCUT2D eigenvalue weighted by atomic mass is 16.3. The van der Waals surface area contributed by atoms with Crippen LogP contribution in [0.2, 0.25) is 0 Å². The summed E-state index contributed by atoms with van der Waals surface area (Å²) in [6, 6.07) is 24.0. The quantitative estimate of drug-likeness (QED) is 0.324. The van der Waals surface area contributed by atoms with Gasteiger partial charge in [-0.3, -0.25) is 19.3 Å². The third-order valence-corrected chi connectivity index (χ3v) is 7.89. The number of aliphatic hydroxyl groups excluding tert-OH is 1. The SMILES string of the molecule is C[C@H](/C=C/CC(=O)N(CCO)Cc1ccccc1)[C@@]1(O)C(=O)N(c2ccccc2)c2ccc(N3CCNCC3=O)cc21. The Kier molecular flexibility index (Phi) is 8.82. The van der Waals surface area contributed by atoms with Crippen LogP contribution < -0.4 is 15.1 Å². The van der Waals surface area contributed by atoms with Crippen LogP contribution in [0.3, 0.4) is 0 Å². The molecule has 3 aromatic rings. The first-order valence-electron chi connectivity index (χ1n) is 14.2. The maximum Gasteiger partial charge on any atom is 0.268 e. The number of hydrogen-bond donors (Lipinski definition) is 3. The van der Waals surface area contributed by atoms with E-state index in [1.165, 1.54) is 4.90 Å². The normalized spacial score (nSPS) is 19.3. The van der Waals surface area contributed by atoms with Crippen molar-refractivity contribution in [1.29, 1.82) is 0 Å². The molecule has 9 heteroatoms. The molecule has 0 radical (unpaired) electrons. The molecule has 3 N–H and O–H groups in total. The van der Waals surface area contributed by atoms with Crippen LogP contribution in [0.25, 0.3) is 0 Å². The van der Waals surface area contributed by atoms with Crippen LogP contribution >= 0.6 is 0 Å². The lowest BCUT2D eigenvalue weighted by atomic mass is 9.82. The van der Waals surface area contributed by atoms with Crippen molar-refractivity contribution in [3.05, 3.63) is 102 Å². The predicted octanol–water partition coefficient (Wildman–Crippen LogP) is 3.09. The van der Waals surface area contributed by atoms with E-state index in [2.05, 4.69) is 5.32 Å². The summed E-state index contributed by atoms with van der Waals surface area (Å²) in [6.07, 6.45) is 3.41. The minimum absolute atomic E-state index is 0.0476. The van der Waals surface area contributed by atoms with Gasteiger partial charge in [0.1, 0.15) is 0 Å². The number of hydrogen-bond acceptors (Lipinski definition) is 6. The van der Waals surface area contributed by atoms with Gasteiger partial charge in [-0.05, 0) is 35.9 Å². The standard InChI is InChI=1S/C33H36N4O5/c1-24(9-8-14-30(39)35(19-20-38)23-25-10-4-2-5-11-25)33(42)28-21-27(36-18-17-34-22-31(36)40)15-16-29(28)37(32(33)41)26-12-6-3-7-13-26/h2-13,15-16,21,24,34,38,42H,14,17-20,22-23H2,1H3/b9-8+/t24-,33+/m1/s1. The first kappa shape index (κ1) is 29.2. The van der Waals surface area contributed by atoms with Crippen molar-refractivity contribution < 1.29 is 24.6 Å². The molecule has 2 atom stereocenters. The summed E-state index contributed by atoms with van der Waals surface area (Å²) in [7, 11) is 0. The van der Waals surface area contributed by atoms with E-state index < -0.39 is 17.4 Å². The first-order chi connectivity index (χ1) is 20.3. The number of nitrogens with zero attached hydrogens (tertiary/aromatic N) is 3. The number of aliphatic hydroxyl groups is 2. The van der Waals surface area contributed by atoms with Crippen LogP contribution in [-0.4, -0.2) is 65.6 Å². The van der Waals surface area contributed by atoms with E-state index in [1.807, 2.05) is 60.7 Å². The second kappa shape index (κ2) is 12.7. The highest BCUT2D eigenvalue weighted by molar-refractivity contribution is 6.12. The number of carbonyl (C=O) groups excluding carboxylic acids is 3. The maximum absolute atomic E-state index is 14.0. The van der Waals surface area contributed by atoms with E-state index in [1.54, 1.807) is 47.1 Å². The number of benzene rings is 3. The Bertz CT molecular complexity index is 1460. The molecule has 0 spiro atoms. The van der Waals surface area contributed by atoms with Crippen molar-refractivity contribution in [1.82, 2.24) is 10.2 Å². The van der Waals surface area contributed by atoms with Gasteiger partial charge in [0.25, 0.3) is 5.91 Å². The minimum atomic E-state index is -1.92. The number of carbonyl (C=O) groups is 3. The largest absolute Gasteiger partial charge is 0.395 e. The summed E-state index contributed by atoms with van der Waals surface area (Å²) >= 11 is 0. The highest BCUT2D eigenvalue weighted by Gasteiger charge is 2.53. The number of fused-ring (bicyclic) bond motifs is 1. The third kappa shape index (κ3) is 5.72. The average molecular weight is 569 g/mol. The molecule has 2 aliphatic heterocycles. The maximum atomic E-state index is 14.0. The lowest BCUT2D eigenvalue weighted by molar-refractivity contribution is -0.138. The Balaban J connectivity index is 1.42. The zero-order chi connectivity index (χ0) is 29.7. The number of nitrogens with one attached hydrogen (secondary N) is 1. The molecule has 42 heavy (non-hydrogen) atoms. The Hall–Kier alpha value is -4.31. The van der Waals surface area contributed by atoms with E-state index in [-0.39, 0.29) is 37.9 Å². The molecule has 0 bridgehead atoms. The van der Waals surface area contributed by atoms with Crippen LogP contribution in [0, 0.1) is 5.92 Å². The van der Waals surface area contributed by atoms with Crippen LogP contribution in [0.15, 0.2) is 91.0 Å². The molecule has 2 heterocycles. The van der Waals surface area contributed by atoms with Crippen molar-refractivity contribution >= 4 is 34.8 Å². The van der Waals surface area contributed by atoms with Gasteiger partial charge in [-0.15, -0.1) is 0 Å². The number of anilines is 3. The van der Waals surface area contributed by atoms with Gasteiger partial charge in [0.05, 0.1) is 18.8 Å². The summed E-state index contributed by atoms with van der Waals surface area (Å²) in [5, 5.41) is 24.7. The Morgan fingerprint density at radius 1 is 1.05 bits per heavy atom. The van der Waals surface area contributed by atoms with Gasteiger partial charge in [0.2, 0.25) is 11.8 Å². The molecule has 0 unspecified atom stereocenters. The molecule has 0 aromatic heterocycles. The summed E-state index contributed by atoms with van der Waals surface area (Å²) in [6.45, 7) is 3.52. The van der Waals surface area contributed by atoms with Gasteiger partial charge < -0.3 is 25.3 Å². The van der Waals surface area contributed by atoms with E-state index in [4.69, 9.17) is 0 Å². The first-order valence-corrected chi connectivity index (χ1v) is 14.2. The number of para-hydroxylation sites is 1. The summed E-state index contributed by atoms with van der Waals surface area (Å²) in [5.74, 6) is -1.45. The molecule has 218 valence electrons. The van der Waals surface area contributed by atoms with Gasteiger partial charge in [-0.25, -0.2) is 0 Å². The van der Waals surface area contributed by atoms with E-state index in [0.717, 1.165) is 5.56 Å². The van der Waals surface area contributed by atoms with Crippen molar-refractivity contribution in [3.8, 4) is 0 Å². The van der Waals surface area contributed by atoms with Crippen molar-refractivity contribution in [3.63, 3.8) is 0 Å². The molecule has 3 amide bonds. The van der Waals surface area contributed by atoms with Crippen LogP contribution in [0.5, 0.6) is 0 Å². The lowest BCUT2D eigenvalue weighted by Gasteiger charge is -2.30. The van der Waals surface area contributed by atoms with E-state index >= 15 is 0 Å². The summed E-state index contributed by atoms with van der Waals surface area (Å²) in [4.78, 5) is 44.5. The van der Waals surface area contributed by atoms with Crippen LogP contribution in [0.1, 0.15) is 24.5 Å². The zero-order valence-corrected chi connectivity index (χ0v) is 23.6. The van der Waals surface area contributed by atoms with Gasteiger partial charge in [-0.1, -0.05) is 67.6 Å². The molecule has 3 aromatic carbocycles. The Morgan fingerprint density at radius 2 is 1.76 bits per heavy atom. The predicted molar refractivity (Wildman–Crippen MR) is 161 cm³/mol. The fourth-order valence-corrected chi connectivity index (χ4v) is 5.60. The molecule has 1 saturated heterocycles. The summed E-state index contributed by atoms with van der Waals surface area (Å²) in [5.41, 5.74) is 1.24. The fraction of sp³-hybridized carbons (Fsp3) is 0.303. The van der Waals surface area contributed by atoms with Crippen molar-refractivity contribution in [2.45, 2.75) is 25.5 Å². The average Bonchev–Trinajstić information content (AvgIpc) is 3.24. The number of rotatable bonds is 10. The molecular weight excluding hydrogens is 532 g/mol. The van der Waals surface area contributed by atoms with Gasteiger partial charge in [-0.2, -0.15) is 0 Å². The molecule has 9 nitrogen and oxygen atoms in total. The van der Waals surface area contributed by atoms with E-state index in [9.17, 15) is 24.6 Å². The molecular formula is C33H36N4O5. The van der Waals surface area contributed by atoms with Crippen molar-refractivity contribution in [2.24, 2.45) is 5.92 Å². The number of amides is 3. The smallest absolute Gasteiger partial charge is 0.268 e. The Morgan fingerprint density at radius 3 is 2.45 bits per heavy atom. The minimum Gasteiger partial charge on any atom is -0.395 e. The van der Waals surface area contributed by atoms with Gasteiger partial charge in [0, 0.05) is 55.5 Å². The van der Waals surface area contributed by atoms with E-state index in [0.29, 0.717) is 42.3 Å². The highest BCUT2D eigenvalue weighted by Crippen LogP contribution is 2.49. The lowest BCUT2D eigenvalue weighted by Crippen LogP contribution is -2.48. The van der Waals surface area contributed by atoms with Gasteiger partial charge in [0.15, 0.2) is 5.60 Å². The molecule has 0 saturated carbocycles. The molecule has 2 aliphatic rings. The monoisotopic (exact) mass is 568 g/mol. The third-order valence-electron chi connectivity index (χ3n) is 7.89. The zero-order valence-electron chi connectivity index (χ0n) is 23.6. The Labute approximate surface area is 245 Å². The van der Waals surface area contributed by atoms with Gasteiger partial charge >= 0.3 is 0 Å². The fourth-order valence-electron chi connectivity index (χ4n) is 5.60. The number of piperazine rings is 1. The second-order valence-corrected chi connectivity index (χ2v) is 10.6. The molecule has 0 aliphatic carbocycles. The van der Waals surface area contributed by atoms with Crippen LogP contribution in [-0.2, 0) is 26.5 Å². The van der Waals surface area contributed by atoms with Crippen LogP contribution in [0.4, 0.5) is 17.1 Å². The van der Waals surface area contributed by atoms with Crippen molar-refractivity contribution in [2.75, 3.05) is 42.6 Å². The summed E-state index contributed by atoms with van der Waals surface area (Å²) < 4.78 is 0. The molecule has 1 fully saturated rings.